The zero-order valence-electron chi connectivity index (χ0n) is 15.4. The van der Waals surface area contributed by atoms with Crippen LogP contribution in [-0.4, -0.2) is 24.4 Å². The average molecular weight is 384 g/mol. The second-order valence-corrected chi connectivity index (χ2v) is 6.55. The van der Waals surface area contributed by atoms with Crippen molar-refractivity contribution in [3.63, 3.8) is 0 Å². The summed E-state index contributed by atoms with van der Waals surface area (Å²) in [6.07, 6.45) is 0.447. The lowest BCUT2D eigenvalue weighted by Crippen LogP contribution is -2.27. The van der Waals surface area contributed by atoms with Crippen molar-refractivity contribution in [2.24, 2.45) is 11.8 Å². The lowest BCUT2D eigenvalue weighted by molar-refractivity contribution is -0.125. The van der Waals surface area contributed by atoms with Crippen LogP contribution in [0.2, 0.25) is 0 Å². The third-order valence-electron chi connectivity index (χ3n) is 4.52. The van der Waals surface area contributed by atoms with Crippen molar-refractivity contribution < 1.29 is 23.5 Å². The van der Waals surface area contributed by atoms with Gasteiger partial charge < -0.3 is 15.4 Å². The Bertz CT molecular complexity index is 882. The Hall–Kier alpha value is -3.22. The third kappa shape index (κ3) is 4.73. The molecule has 0 saturated heterocycles. The fraction of sp³-hybridized carbons (Fsp3) is 0.286. The summed E-state index contributed by atoms with van der Waals surface area (Å²) in [5.41, 5.74) is 1.42. The van der Waals surface area contributed by atoms with Crippen molar-refractivity contribution >= 4 is 23.5 Å². The second kappa shape index (κ2) is 8.65. The summed E-state index contributed by atoms with van der Waals surface area (Å²) in [6.45, 7) is 2.22. The van der Waals surface area contributed by atoms with Gasteiger partial charge in [0.05, 0.1) is 29.7 Å². The molecule has 28 heavy (non-hydrogen) atoms. The fourth-order valence-electron chi connectivity index (χ4n) is 2.90. The third-order valence-corrected chi connectivity index (χ3v) is 4.52. The average Bonchev–Trinajstić information content (AvgIpc) is 3.49. The molecule has 3 rings (SSSR count). The molecule has 1 fully saturated rings. The number of amides is 2. The minimum atomic E-state index is -0.511. The smallest absolute Gasteiger partial charge is 0.340 e. The van der Waals surface area contributed by atoms with Gasteiger partial charge in [0.25, 0.3) is 0 Å². The molecular formula is C21H21FN2O4. The molecule has 2 aromatic rings. The number of benzene rings is 2. The molecule has 7 heteroatoms. The number of halogens is 1. The molecule has 6 nitrogen and oxygen atoms in total. The lowest BCUT2D eigenvalue weighted by Gasteiger charge is -2.10. The number of rotatable bonds is 7. The zero-order valence-corrected chi connectivity index (χ0v) is 15.4. The van der Waals surface area contributed by atoms with Crippen LogP contribution in [0.3, 0.4) is 0 Å². The molecule has 2 N–H and O–H groups in total. The summed E-state index contributed by atoms with van der Waals surface area (Å²) in [5, 5.41) is 5.48. The topological polar surface area (TPSA) is 84.5 Å². The Morgan fingerprint density at radius 2 is 1.71 bits per heavy atom. The quantitative estimate of drug-likeness (QED) is 0.719. The van der Waals surface area contributed by atoms with Gasteiger partial charge in [-0.25, -0.2) is 9.18 Å². The molecule has 0 radical (unpaired) electrons. The standard InChI is InChI=1S/C21H21FN2O4/c1-2-28-21(27)15-5-3-4-6-18(15)24-20(26)17-11-16(17)19(25)23-12-13-7-9-14(22)10-8-13/h3-10,16-17H,2,11-12H2,1H3,(H,23,25)(H,24,26). The first-order valence-electron chi connectivity index (χ1n) is 9.08. The maximum absolute atomic E-state index is 12.9. The Morgan fingerprint density at radius 3 is 2.43 bits per heavy atom. The molecule has 1 aliphatic rings. The van der Waals surface area contributed by atoms with E-state index >= 15 is 0 Å². The number of ether oxygens (including phenoxy) is 1. The van der Waals surface area contributed by atoms with Crippen molar-refractivity contribution in [3.8, 4) is 0 Å². The molecule has 2 amide bonds. The van der Waals surface area contributed by atoms with Gasteiger partial charge in [-0.1, -0.05) is 24.3 Å². The summed E-state index contributed by atoms with van der Waals surface area (Å²) in [7, 11) is 0. The number of hydrogen-bond acceptors (Lipinski definition) is 4. The number of carbonyl (C=O) groups excluding carboxylic acids is 3. The van der Waals surface area contributed by atoms with Gasteiger partial charge in [0.15, 0.2) is 0 Å². The van der Waals surface area contributed by atoms with Crippen LogP contribution in [-0.2, 0) is 20.9 Å². The number of hydrogen-bond donors (Lipinski definition) is 2. The zero-order chi connectivity index (χ0) is 20.1. The van der Waals surface area contributed by atoms with Crippen LogP contribution in [0.15, 0.2) is 48.5 Å². The molecule has 146 valence electrons. The lowest BCUT2D eigenvalue weighted by atomic mass is 10.1. The van der Waals surface area contributed by atoms with E-state index in [0.29, 0.717) is 12.1 Å². The summed E-state index contributed by atoms with van der Waals surface area (Å²) >= 11 is 0. The molecule has 0 bridgehead atoms. The van der Waals surface area contributed by atoms with E-state index in [0.717, 1.165) is 5.56 Å². The highest BCUT2D eigenvalue weighted by atomic mass is 19.1. The van der Waals surface area contributed by atoms with Crippen molar-refractivity contribution in [2.45, 2.75) is 19.9 Å². The first kappa shape index (κ1) is 19.5. The van der Waals surface area contributed by atoms with E-state index < -0.39 is 17.8 Å². The van der Waals surface area contributed by atoms with Gasteiger partial charge in [0.2, 0.25) is 11.8 Å². The highest BCUT2D eigenvalue weighted by Gasteiger charge is 2.48. The van der Waals surface area contributed by atoms with Crippen molar-refractivity contribution in [3.05, 3.63) is 65.5 Å². The van der Waals surface area contributed by atoms with E-state index in [1.54, 1.807) is 43.3 Å². The van der Waals surface area contributed by atoms with Gasteiger partial charge in [-0.15, -0.1) is 0 Å². The van der Waals surface area contributed by atoms with E-state index in [4.69, 9.17) is 4.74 Å². The summed E-state index contributed by atoms with van der Waals surface area (Å²) < 4.78 is 17.9. The minimum absolute atomic E-state index is 0.219. The van der Waals surface area contributed by atoms with Crippen molar-refractivity contribution in [1.29, 1.82) is 0 Å². The van der Waals surface area contributed by atoms with Crippen molar-refractivity contribution in [1.82, 2.24) is 5.32 Å². The van der Waals surface area contributed by atoms with Gasteiger partial charge >= 0.3 is 5.97 Å². The maximum atomic E-state index is 12.9. The Balaban J connectivity index is 1.54. The SMILES string of the molecule is CCOC(=O)c1ccccc1NC(=O)C1CC1C(=O)NCc1ccc(F)cc1. The number of para-hydroxylation sites is 1. The number of nitrogens with one attached hydrogen (secondary N) is 2. The van der Waals surface area contributed by atoms with Crippen LogP contribution in [0.1, 0.15) is 29.3 Å². The van der Waals surface area contributed by atoms with Crippen LogP contribution in [0, 0.1) is 17.7 Å². The Morgan fingerprint density at radius 1 is 1.04 bits per heavy atom. The van der Waals surface area contributed by atoms with Crippen LogP contribution >= 0.6 is 0 Å². The molecule has 0 heterocycles. The van der Waals surface area contributed by atoms with Crippen LogP contribution in [0.5, 0.6) is 0 Å². The predicted molar refractivity (Wildman–Crippen MR) is 101 cm³/mol. The minimum Gasteiger partial charge on any atom is -0.462 e. The van der Waals surface area contributed by atoms with Gasteiger partial charge in [0, 0.05) is 6.54 Å². The molecule has 1 aliphatic carbocycles. The maximum Gasteiger partial charge on any atom is 0.340 e. The van der Waals surface area contributed by atoms with E-state index in [-0.39, 0.29) is 36.3 Å². The Kier molecular flexibility index (Phi) is 6.03. The van der Waals surface area contributed by atoms with Crippen LogP contribution < -0.4 is 10.6 Å². The first-order valence-corrected chi connectivity index (χ1v) is 9.08. The molecular weight excluding hydrogens is 363 g/mol. The summed E-state index contributed by atoms with van der Waals surface area (Å²) in [5.74, 6) is -2.22. The van der Waals surface area contributed by atoms with E-state index in [1.807, 2.05) is 0 Å². The van der Waals surface area contributed by atoms with Crippen LogP contribution in [0.4, 0.5) is 10.1 Å². The number of carbonyl (C=O) groups is 3. The predicted octanol–water partition coefficient (Wildman–Crippen LogP) is 2.89. The molecule has 2 aromatic carbocycles. The number of anilines is 1. The number of esters is 1. The Labute approximate surface area is 162 Å². The van der Waals surface area contributed by atoms with Gasteiger partial charge in [-0.2, -0.15) is 0 Å². The van der Waals surface area contributed by atoms with Crippen molar-refractivity contribution in [2.75, 3.05) is 11.9 Å². The van der Waals surface area contributed by atoms with Gasteiger partial charge in [-0.05, 0) is 43.2 Å². The fourth-order valence-corrected chi connectivity index (χ4v) is 2.90. The summed E-state index contributed by atoms with van der Waals surface area (Å²) in [6, 6.07) is 12.4. The monoisotopic (exact) mass is 384 g/mol. The van der Waals surface area contributed by atoms with E-state index in [2.05, 4.69) is 10.6 Å². The van der Waals surface area contributed by atoms with E-state index in [1.165, 1.54) is 12.1 Å². The highest BCUT2D eigenvalue weighted by Crippen LogP contribution is 2.39. The molecule has 2 unspecified atom stereocenters. The van der Waals surface area contributed by atoms with Gasteiger partial charge in [0.1, 0.15) is 5.82 Å². The normalized spacial score (nSPS) is 17.5. The summed E-state index contributed by atoms with van der Waals surface area (Å²) in [4.78, 5) is 36.7. The first-order chi connectivity index (χ1) is 13.5. The second-order valence-electron chi connectivity index (χ2n) is 6.55. The molecule has 1 saturated carbocycles. The molecule has 2 atom stereocenters. The molecule has 0 aliphatic heterocycles. The highest BCUT2D eigenvalue weighted by molar-refractivity contribution is 6.04. The molecule has 0 aromatic heterocycles. The molecule has 0 spiro atoms. The van der Waals surface area contributed by atoms with Crippen LogP contribution in [0.25, 0.3) is 0 Å². The van der Waals surface area contributed by atoms with Gasteiger partial charge in [-0.3, -0.25) is 9.59 Å². The largest absolute Gasteiger partial charge is 0.462 e. The van der Waals surface area contributed by atoms with E-state index in [9.17, 15) is 18.8 Å².